The minimum atomic E-state index is -1.00. The molecule has 0 saturated heterocycles. The van der Waals surface area contributed by atoms with E-state index >= 15 is 0 Å². The Kier molecular flexibility index (Phi) is 11.6. The standard InChI is InChI=1S/C24H25BrN6O8S2/c1-12(37-14(3)33)22(10-36-13(2)32)39-23(41-16-5-17(25)18(6-26)27-7-16)21(38-15(4)34)9-31-8-19(29-30-31)20-11-40-24(35)28-20/h5,7-8,11-12,21-23H,9-10H2,1-4H3,(H,28,35)/t12-,21+,22?,23?/m1/s1. The summed E-state index contributed by atoms with van der Waals surface area (Å²) in [6.07, 6.45) is 0.194. The van der Waals surface area contributed by atoms with Crippen LogP contribution in [0.2, 0.25) is 0 Å². The number of aromatic nitrogens is 5. The number of aromatic hydroxyl groups is 1. The van der Waals surface area contributed by atoms with Gasteiger partial charge in [-0.1, -0.05) is 28.3 Å². The first kappa shape index (κ1) is 31.9. The number of ether oxygens (including phenoxy) is 4. The molecule has 1 N–H and O–H groups in total. The van der Waals surface area contributed by atoms with Gasteiger partial charge in [-0.15, -0.1) is 5.10 Å². The Morgan fingerprint density at radius 1 is 1.17 bits per heavy atom. The van der Waals surface area contributed by atoms with Gasteiger partial charge in [-0.3, -0.25) is 14.4 Å². The van der Waals surface area contributed by atoms with Gasteiger partial charge in [0.25, 0.3) is 5.19 Å². The summed E-state index contributed by atoms with van der Waals surface area (Å²) in [5, 5.41) is 28.5. The Balaban J connectivity index is 1.97. The van der Waals surface area contributed by atoms with Crippen molar-refractivity contribution in [2.24, 2.45) is 0 Å². The van der Waals surface area contributed by atoms with Crippen LogP contribution < -0.4 is 0 Å². The maximum absolute atomic E-state index is 12.2. The molecule has 0 fully saturated rings. The fraction of sp³-hybridized carbons (Fsp3) is 0.417. The lowest BCUT2D eigenvalue weighted by Crippen LogP contribution is -2.43. The molecule has 0 bridgehead atoms. The van der Waals surface area contributed by atoms with Crippen LogP contribution >= 0.6 is 39.0 Å². The number of thioether (sulfide) groups is 1. The zero-order valence-corrected chi connectivity index (χ0v) is 25.4. The van der Waals surface area contributed by atoms with E-state index in [-0.39, 0.29) is 24.0 Å². The lowest BCUT2D eigenvalue weighted by molar-refractivity contribution is -0.170. The van der Waals surface area contributed by atoms with Crippen molar-refractivity contribution < 1.29 is 38.4 Å². The van der Waals surface area contributed by atoms with Gasteiger partial charge in [-0.25, -0.2) is 14.6 Å². The zero-order valence-electron chi connectivity index (χ0n) is 22.2. The van der Waals surface area contributed by atoms with E-state index in [9.17, 15) is 24.8 Å². The van der Waals surface area contributed by atoms with Crippen molar-refractivity contribution in [3.8, 4) is 22.7 Å². The minimum absolute atomic E-state index is 0.0343. The van der Waals surface area contributed by atoms with Crippen molar-refractivity contribution in [2.45, 2.75) is 62.9 Å². The van der Waals surface area contributed by atoms with Crippen LogP contribution in [0.1, 0.15) is 33.4 Å². The van der Waals surface area contributed by atoms with E-state index < -0.39 is 41.7 Å². The highest BCUT2D eigenvalue weighted by molar-refractivity contribution is 9.10. The molecule has 0 radical (unpaired) electrons. The number of hydrogen-bond donors (Lipinski definition) is 1. The lowest BCUT2D eigenvalue weighted by atomic mass is 10.2. The van der Waals surface area contributed by atoms with Crippen molar-refractivity contribution in [3.05, 3.63) is 34.0 Å². The summed E-state index contributed by atoms with van der Waals surface area (Å²) in [5.74, 6) is -1.76. The number of carbonyl (C=O) groups excluding carboxylic acids is 3. The summed E-state index contributed by atoms with van der Waals surface area (Å²) < 4.78 is 24.3. The molecule has 3 aromatic heterocycles. The molecule has 0 aliphatic rings. The summed E-state index contributed by atoms with van der Waals surface area (Å²) in [4.78, 5) is 44.1. The van der Waals surface area contributed by atoms with Gasteiger partial charge < -0.3 is 24.1 Å². The fourth-order valence-electron chi connectivity index (χ4n) is 3.35. The van der Waals surface area contributed by atoms with Crippen LogP contribution in [0.4, 0.5) is 0 Å². The number of carbonyl (C=O) groups is 3. The molecular weight excluding hydrogens is 644 g/mol. The molecule has 41 heavy (non-hydrogen) atoms. The summed E-state index contributed by atoms with van der Waals surface area (Å²) >= 11 is 5.46. The molecule has 17 heteroatoms. The lowest BCUT2D eigenvalue weighted by Gasteiger charge is -2.32. The van der Waals surface area contributed by atoms with Crippen molar-refractivity contribution in [3.63, 3.8) is 0 Å². The molecule has 3 heterocycles. The fourth-order valence-corrected chi connectivity index (χ4v) is 5.54. The number of nitriles is 1. The molecule has 218 valence electrons. The Hall–Kier alpha value is -3.59. The van der Waals surface area contributed by atoms with Crippen LogP contribution in [0, 0.1) is 11.3 Å². The first-order valence-electron chi connectivity index (χ1n) is 11.9. The summed E-state index contributed by atoms with van der Waals surface area (Å²) in [6, 6.07) is 3.61. The summed E-state index contributed by atoms with van der Waals surface area (Å²) in [7, 11) is 0. The molecular formula is C24H25BrN6O8S2. The topological polar surface area (TPSA) is 189 Å². The van der Waals surface area contributed by atoms with Crippen LogP contribution in [0.5, 0.6) is 5.19 Å². The van der Waals surface area contributed by atoms with Gasteiger partial charge in [0.15, 0.2) is 11.8 Å². The van der Waals surface area contributed by atoms with E-state index in [0.29, 0.717) is 20.8 Å². The average Bonchev–Trinajstić information content (AvgIpc) is 3.53. The van der Waals surface area contributed by atoms with Crippen molar-refractivity contribution in [2.75, 3.05) is 6.61 Å². The summed E-state index contributed by atoms with van der Waals surface area (Å²) in [5.41, 5.74) is -0.0299. The molecule has 3 rings (SSSR count). The third kappa shape index (κ3) is 9.78. The van der Waals surface area contributed by atoms with E-state index in [2.05, 4.69) is 36.2 Å². The first-order chi connectivity index (χ1) is 19.4. The van der Waals surface area contributed by atoms with Gasteiger partial charge >= 0.3 is 17.9 Å². The monoisotopic (exact) mass is 668 g/mol. The van der Waals surface area contributed by atoms with Gasteiger partial charge in [-0.2, -0.15) is 5.26 Å². The third-order valence-electron chi connectivity index (χ3n) is 5.09. The van der Waals surface area contributed by atoms with Gasteiger partial charge in [0, 0.05) is 37.2 Å². The molecule has 0 aliphatic carbocycles. The second-order valence-corrected chi connectivity index (χ2v) is 11.2. The second kappa shape index (κ2) is 14.9. The van der Waals surface area contributed by atoms with Crippen molar-refractivity contribution in [1.29, 1.82) is 5.26 Å². The van der Waals surface area contributed by atoms with Crippen LogP contribution in [-0.2, 0) is 39.9 Å². The molecule has 4 atom stereocenters. The number of halogens is 1. The van der Waals surface area contributed by atoms with Gasteiger partial charge in [0.05, 0.1) is 17.2 Å². The number of hydrogen-bond acceptors (Lipinski definition) is 15. The van der Waals surface area contributed by atoms with Crippen LogP contribution in [0.25, 0.3) is 11.4 Å². The summed E-state index contributed by atoms with van der Waals surface area (Å²) in [6.45, 7) is 4.97. The molecule has 0 spiro atoms. The average molecular weight is 670 g/mol. The van der Waals surface area contributed by atoms with Crippen molar-refractivity contribution in [1.82, 2.24) is 25.0 Å². The van der Waals surface area contributed by atoms with E-state index in [1.54, 1.807) is 24.6 Å². The van der Waals surface area contributed by atoms with E-state index in [4.69, 9.17) is 18.9 Å². The highest BCUT2D eigenvalue weighted by Gasteiger charge is 2.34. The highest BCUT2D eigenvalue weighted by Crippen LogP contribution is 2.32. The number of esters is 3. The van der Waals surface area contributed by atoms with E-state index in [0.717, 1.165) is 23.1 Å². The largest absolute Gasteiger partial charge is 0.486 e. The highest BCUT2D eigenvalue weighted by atomic mass is 79.9. The van der Waals surface area contributed by atoms with Gasteiger partial charge in [0.2, 0.25) is 0 Å². The quantitative estimate of drug-likeness (QED) is 0.121. The van der Waals surface area contributed by atoms with E-state index in [1.807, 2.05) is 6.07 Å². The van der Waals surface area contributed by atoms with Crippen LogP contribution in [-0.4, -0.2) is 78.3 Å². The third-order valence-corrected chi connectivity index (χ3v) is 7.48. The molecule has 14 nitrogen and oxygen atoms in total. The van der Waals surface area contributed by atoms with Gasteiger partial charge in [0.1, 0.15) is 41.7 Å². The number of rotatable bonds is 13. The maximum atomic E-state index is 12.2. The predicted octanol–water partition coefficient (Wildman–Crippen LogP) is 3.09. The zero-order chi connectivity index (χ0) is 30.1. The van der Waals surface area contributed by atoms with Gasteiger partial charge in [-0.05, 0) is 28.9 Å². The number of nitrogens with zero attached hydrogens (tertiary/aromatic N) is 6. The Labute approximate surface area is 251 Å². The molecule has 0 saturated carbocycles. The molecule has 2 unspecified atom stereocenters. The maximum Gasteiger partial charge on any atom is 0.303 e. The normalized spacial score (nSPS) is 13.9. The Morgan fingerprint density at radius 3 is 2.49 bits per heavy atom. The minimum Gasteiger partial charge on any atom is -0.486 e. The van der Waals surface area contributed by atoms with Crippen molar-refractivity contribution >= 4 is 56.9 Å². The van der Waals surface area contributed by atoms with Crippen LogP contribution in [0.3, 0.4) is 0 Å². The number of thiazole rings is 1. The Bertz CT molecular complexity index is 1430. The first-order valence-corrected chi connectivity index (χ1v) is 14.4. The number of pyridine rings is 1. The molecule has 3 aromatic rings. The molecule has 0 aromatic carbocycles. The molecule has 0 aliphatic heterocycles. The second-order valence-electron chi connectivity index (χ2n) is 8.38. The van der Waals surface area contributed by atoms with E-state index in [1.165, 1.54) is 31.6 Å². The Morgan fingerprint density at radius 2 is 1.90 bits per heavy atom. The SMILES string of the molecule is CC(=O)OCC(OC(Sc1cnc(C#N)c(Br)c1)[C@H](Cn1cc(-c2csc(O)n2)nn1)OC(C)=O)[C@@H](C)OC(C)=O. The molecule has 0 amide bonds. The van der Waals surface area contributed by atoms with Crippen LogP contribution in [0.15, 0.2) is 33.2 Å². The smallest absolute Gasteiger partial charge is 0.303 e. The predicted molar refractivity (Wildman–Crippen MR) is 147 cm³/mol.